The molecule has 0 aromatic rings. The number of carbonyl (C=O) groups excluding carboxylic acids is 2. The number of hydrogen-bond acceptors (Lipinski definition) is 8. The number of aliphatic hydroxyl groups is 1. The number of hydrogen-bond donors (Lipinski definition) is 2. The van der Waals surface area contributed by atoms with Gasteiger partial charge in [-0.05, 0) is 44.9 Å². The third-order valence-corrected chi connectivity index (χ3v) is 9.33. The van der Waals surface area contributed by atoms with E-state index in [1.165, 1.54) is 44.9 Å². The van der Waals surface area contributed by atoms with Gasteiger partial charge in [0.1, 0.15) is 19.8 Å². The summed E-state index contributed by atoms with van der Waals surface area (Å²) in [6.45, 7) is 4.06. The summed E-state index contributed by atoms with van der Waals surface area (Å²) < 4.78 is 34.0. The molecule has 0 aliphatic rings. The number of aliphatic hydroxyl groups excluding tert-OH is 1. The molecule has 0 aromatic carbocycles. The molecule has 11 heteroatoms. The van der Waals surface area contributed by atoms with E-state index in [0.717, 1.165) is 44.9 Å². The second-order valence-electron chi connectivity index (χ2n) is 14.8. The molecule has 316 valence electrons. The zero-order chi connectivity index (χ0) is 40.9. The average molecular weight is 795 g/mol. The standard InChI is InChI=1S/C44H76NO9P/c1-6-8-10-12-14-16-18-19-21-22-24-26-29-33-41(46)34-30-28-32-36-44(48)54-42(40-53-55(49,50)52-38-37-45(3,4)5)39-51-43(47)35-31-27-25-23-20-17-15-13-11-9-7-2/h8,10,14,16,19,21,24,26,28-30,33,41-42,46H,6-7,9,11-13,15,17-18,20,22-23,25,27,31-32,34-40H2,1-5H3/p+1/b10-8-,16-14-,21-19-,26-24-,30-28-,33-29-/t41?,42-/m1/s1. The second kappa shape index (κ2) is 35.8. The topological polar surface area (TPSA) is 129 Å². The zero-order valence-corrected chi connectivity index (χ0v) is 35.9. The molecule has 0 fully saturated rings. The number of phosphoric acid groups is 1. The number of carbonyl (C=O) groups is 2. The van der Waals surface area contributed by atoms with Crippen molar-refractivity contribution in [3.05, 3.63) is 72.9 Å². The van der Waals surface area contributed by atoms with Crippen LogP contribution in [0.25, 0.3) is 0 Å². The van der Waals surface area contributed by atoms with Crippen molar-refractivity contribution < 1.29 is 47.2 Å². The minimum absolute atomic E-state index is 0.00304. The van der Waals surface area contributed by atoms with Crippen molar-refractivity contribution in [3.8, 4) is 0 Å². The largest absolute Gasteiger partial charge is 0.472 e. The maximum Gasteiger partial charge on any atom is 0.472 e. The van der Waals surface area contributed by atoms with Gasteiger partial charge in [-0.25, -0.2) is 4.57 Å². The van der Waals surface area contributed by atoms with Crippen molar-refractivity contribution >= 4 is 19.8 Å². The first-order valence-electron chi connectivity index (χ1n) is 20.8. The van der Waals surface area contributed by atoms with E-state index in [9.17, 15) is 24.2 Å². The highest BCUT2D eigenvalue weighted by Crippen LogP contribution is 2.43. The number of unbranched alkanes of at least 4 members (excludes halogenated alkanes) is 10. The van der Waals surface area contributed by atoms with Crippen LogP contribution in [0.2, 0.25) is 0 Å². The zero-order valence-electron chi connectivity index (χ0n) is 35.0. The predicted molar refractivity (Wildman–Crippen MR) is 225 cm³/mol. The highest BCUT2D eigenvalue weighted by atomic mass is 31.2. The molecule has 2 unspecified atom stereocenters. The number of quaternary nitrogens is 1. The summed E-state index contributed by atoms with van der Waals surface area (Å²) in [6.07, 6.45) is 39.9. The lowest BCUT2D eigenvalue weighted by Gasteiger charge is -2.24. The van der Waals surface area contributed by atoms with Crippen LogP contribution in [0.4, 0.5) is 0 Å². The quantitative estimate of drug-likeness (QED) is 0.0159. The fourth-order valence-electron chi connectivity index (χ4n) is 5.06. The SMILES string of the molecule is CC/C=C\C/C=C\C/C=C\C/C=C\C=C/C(O)C/C=C\CCC(=O)O[C@H](COC(=O)CCCCCCCCCCCCC)COP(=O)(O)OCC[N+](C)(C)C. The number of rotatable bonds is 36. The maximum atomic E-state index is 12.6. The van der Waals surface area contributed by atoms with Gasteiger partial charge in [-0.1, -0.05) is 151 Å². The van der Waals surface area contributed by atoms with Crippen molar-refractivity contribution in [3.63, 3.8) is 0 Å². The Labute approximate surface area is 334 Å². The molecule has 3 atom stereocenters. The van der Waals surface area contributed by atoms with Crippen LogP contribution in [-0.4, -0.2) is 86.1 Å². The van der Waals surface area contributed by atoms with Crippen LogP contribution in [0.5, 0.6) is 0 Å². The highest BCUT2D eigenvalue weighted by Gasteiger charge is 2.27. The number of esters is 2. The highest BCUT2D eigenvalue weighted by molar-refractivity contribution is 7.47. The van der Waals surface area contributed by atoms with Crippen LogP contribution in [0.1, 0.15) is 136 Å². The first-order chi connectivity index (χ1) is 26.4. The first-order valence-corrected chi connectivity index (χ1v) is 22.3. The Morgan fingerprint density at radius 1 is 0.673 bits per heavy atom. The third-order valence-electron chi connectivity index (χ3n) is 8.34. The van der Waals surface area contributed by atoms with Crippen LogP contribution in [-0.2, 0) is 32.7 Å². The summed E-state index contributed by atoms with van der Waals surface area (Å²) in [5.41, 5.74) is 0. The molecule has 0 rings (SSSR count). The van der Waals surface area contributed by atoms with Crippen LogP contribution in [0.15, 0.2) is 72.9 Å². The number of nitrogens with zero attached hydrogens (tertiary/aromatic N) is 1. The van der Waals surface area contributed by atoms with Gasteiger partial charge in [0, 0.05) is 12.8 Å². The van der Waals surface area contributed by atoms with Crippen molar-refractivity contribution in [2.75, 3.05) is 47.5 Å². The Hall–Kier alpha value is -2.59. The van der Waals surface area contributed by atoms with Crippen LogP contribution >= 0.6 is 7.82 Å². The van der Waals surface area contributed by atoms with E-state index in [2.05, 4.69) is 50.3 Å². The number of phosphoric ester groups is 1. The van der Waals surface area contributed by atoms with E-state index in [-0.39, 0.29) is 26.1 Å². The molecular formula is C44H77NO9P+. The normalized spacial score (nSPS) is 15.0. The molecular weight excluding hydrogens is 717 g/mol. The molecule has 0 spiro atoms. The third kappa shape index (κ3) is 39.4. The molecule has 10 nitrogen and oxygen atoms in total. The van der Waals surface area contributed by atoms with Crippen molar-refractivity contribution in [1.29, 1.82) is 0 Å². The van der Waals surface area contributed by atoms with Gasteiger partial charge in [0.2, 0.25) is 0 Å². The fourth-order valence-corrected chi connectivity index (χ4v) is 5.81. The number of ether oxygens (including phenoxy) is 2. The van der Waals surface area contributed by atoms with Gasteiger partial charge in [0.05, 0.1) is 33.9 Å². The van der Waals surface area contributed by atoms with E-state index in [1.54, 1.807) is 18.2 Å². The van der Waals surface area contributed by atoms with Gasteiger partial charge in [-0.3, -0.25) is 18.6 Å². The van der Waals surface area contributed by atoms with E-state index < -0.39 is 38.6 Å². The Balaban J connectivity index is 4.64. The summed E-state index contributed by atoms with van der Waals surface area (Å²) in [5.74, 6) is -0.987. The lowest BCUT2D eigenvalue weighted by atomic mass is 10.1. The monoisotopic (exact) mass is 795 g/mol. The van der Waals surface area contributed by atoms with E-state index in [4.69, 9.17) is 18.5 Å². The molecule has 0 saturated heterocycles. The molecule has 0 radical (unpaired) electrons. The van der Waals surface area contributed by atoms with E-state index >= 15 is 0 Å². The Kier molecular flexibility index (Phi) is 34.1. The summed E-state index contributed by atoms with van der Waals surface area (Å²) in [4.78, 5) is 35.2. The molecule has 0 heterocycles. The molecule has 55 heavy (non-hydrogen) atoms. The van der Waals surface area contributed by atoms with Gasteiger partial charge < -0.3 is 24.0 Å². The van der Waals surface area contributed by atoms with Gasteiger partial charge >= 0.3 is 19.8 Å². The van der Waals surface area contributed by atoms with Gasteiger partial charge in [-0.15, -0.1) is 0 Å². The van der Waals surface area contributed by atoms with Crippen LogP contribution in [0.3, 0.4) is 0 Å². The summed E-state index contributed by atoms with van der Waals surface area (Å²) in [5, 5.41) is 10.2. The van der Waals surface area contributed by atoms with Crippen LogP contribution in [0, 0.1) is 0 Å². The molecule has 0 aliphatic heterocycles. The summed E-state index contributed by atoms with van der Waals surface area (Å²) in [7, 11) is 1.36. The van der Waals surface area contributed by atoms with Gasteiger partial charge in [0.25, 0.3) is 0 Å². The average Bonchev–Trinajstić information content (AvgIpc) is 3.12. The van der Waals surface area contributed by atoms with Crippen molar-refractivity contribution in [2.24, 2.45) is 0 Å². The number of likely N-dealkylation sites (N-methyl/N-ethyl adjacent to an activating group) is 1. The van der Waals surface area contributed by atoms with Crippen molar-refractivity contribution in [1.82, 2.24) is 0 Å². The molecule has 0 bridgehead atoms. The van der Waals surface area contributed by atoms with Gasteiger partial charge in [-0.2, -0.15) is 0 Å². The minimum Gasteiger partial charge on any atom is -0.462 e. The van der Waals surface area contributed by atoms with E-state index in [0.29, 0.717) is 30.3 Å². The van der Waals surface area contributed by atoms with Crippen molar-refractivity contribution in [2.45, 2.75) is 148 Å². The smallest absolute Gasteiger partial charge is 0.462 e. The second-order valence-corrected chi connectivity index (χ2v) is 16.3. The molecule has 0 saturated carbocycles. The summed E-state index contributed by atoms with van der Waals surface area (Å²) >= 11 is 0. The Morgan fingerprint density at radius 2 is 1.25 bits per heavy atom. The molecule has 0 aromatic heterocycles. The Bertz CT molecular complexity index is 1190. The maximum absolute atomic E-state index is 12.6. The summed E-state index contributed by atoms with van der Waals surface area (Å²) in [6, 6.07) is 0. The Morgan fingerprint density at radius 3 is 1.85 bits per heavy atom. The molecule has 0 aliphatic carbocycles. The molecule has 2 N–H and O–H groups in total. The van der Waals surface area contributed by atoms with Crippen LogP contribution < -0.4 is 0 Å². The van der Waals surface area contributed by atoms with E-state index in [1.807, 2.05) is 39.4 Å². The van der Waals surface area contributed by atoms with Gasteiger partial charge in [0.15, 0.2) is 6.10 Å². The number of allylic oxidation sites excluding steroid dienone is 10. The predicted octanol–water partition coefficient (Wildman–Crippen LogP) is 10.4. The lowest BCUT2D eigenvalue weighted by Crippen LogP contribution is -2.37. The minimum atomic E-state index is -4.42. The molecule has 0 amide bonds. The fraction of sp³-hybridized carbons (Fsp3) is 0.682. The first kappa shape index (κ1) is 52.4. The lowest BCUT2D eigenvalue weighted by molar-refractivity contribution is -0.870.